The minimum atomic E-state index is -4.19. The summed E-state index contributed by atoms with van der Waals surface area (Å²) in [6, 6.07) is 0. The van der Waals surface area contributed by atoms with Crippen LogP contribution in [0.1, 0.15) is 12.8 Å². The Labute approximate surface area is 83.8 Å². The molecule has 0 aromatic rings. The van der Waals surface area contributed by atoms with E-state index in [0.29, 0.717) is 19.4 Å². The number of rotatable bonds is 4. The summed E-state index contributed by atoms with van der Waals surface area (Å²) in [4.78, 5) is 11.1. The van der Waals surface area contributed by atoms with Crippen molar-refractivity contribution in [3.8, 4) is 0 Å². The summed E-state index contributed by atoms with van der Waals surface area (Å²) in [6.07, 6.45) is -3.45. The highest BCUT2D eigenvalue weighted by atomic mass is 19.3. The molecule has 1 heterocycles. The highest BCUT2D eigenvalue weighted by Crippen LogP contribution is 2.21. The lowest BCUT2D eigenvalue weighted by Crippen LogP contribution is -2.44. The minimum Gasteiger partial charge on any atom is -0.368 e. The number of carbonyl (C=O) groups is 1. The largest absolute Gasteiger partial charge is 0.368 e. The van der Waals surface area contributed by atoms with Crippen LogP contribution in [0.3, 0.4) is 0 Å². The number of nitrogens with one attached hydrogen (secondary N) is 1. The molecule has 0 spiro atoms. The molecule has 1 fully saturated rings. The van der Waals surface area contributed by atoms with Crippen LogP contribution in [0, 0.1) is 0 Å². The van der Waals surface area contributed by atoms with Crippen LogP contribution in [0.5, 0.6) is 0 Å². The van der Waals surface area contributed by atoms with Crippen molar-refractivity contribution in [1.29, 1.82) is 0 Å². The fraction of sp³-hybridized carbons (Fsp3) is 0.875. The zero-order valence-corrected chi connectivity index (χ0v) is 7.81. The molecule has 1 unspecified atom stereocenters. The number of ether oxygens (including phenoxy) is 1. The zero-order chi connectivity index (χ0) is 11.5. The third-order valence-electron chi connectivity index (χ3n) is 2.04. The molecule has 15 heavy (non-hydrogen) atoms. The van der Waals surface area contributed by atoms with E-state index in [4.69, 9.17) is 4.74 Å². The predicted octanol–water partition coefficient (Wildman–Crippen LogP) is 1.18. The normalized spacial score (nSPS) is 22.1. The fourth-order valence-electron chi connectivity index (χ4n) is 1.18. The lowest BCUT2D eigenvalue weighted by Gasteiger charge is -2.17. The van der Waals surface area contributed by atoms with Crippen LogP contribution in [0.4, 0.5) is 17.6 Å². The second kappa shape index (κ2) is 4.78. The van der Waals surface area contributed by atoms with Crippen molar-refractivity contribution in [2.24, 2.45) is 0 Å². The van der Waals surface area contributed by atoms with Crippen LogP contribution in [0.25, 0.3) is 0 Å². The monoisotopic (exact) mass is 229 g/mol. The van der Waals surface area contributed by atoms with Gasteiger partial charge in [-0.3, -0.25) is 4.79 Å². The van der Waals surface area contributed by atoms with Gasteiger partial charge in [-0.2, -0.15) is 8.78 Å². The van der Waals surface area contributed by atoms with Gasteiger partial charge in [-0.1, -0.05) is 0 Å². The predicted molar refractivity (Wildman–Crippen MR) is 42.9 cm³/mol. The maximum absolute atomic E-state index is 12.4. The first kappa shape index (κ1) is 12.2. The van der Waals surface area contributed by atoms with Gasteiger partial charge < -0.3 is 10.1 Å². The van der Waals surface area contributed by atoms with Gasteiger partial charge in [0.05, 0.1) is 6.54 Å². The van der Waals surface area contributed by atoms with E-state index in [9.17, 15) is 22.4 Å². The molecule has 7 heteroatoms. The van der Waals surface area contributed by atoms with E-state index in [2.05, 4.69) is 0 Å². The van der Waals surface area contributed by atoms with Crippen molar-refractivity contribution >= 4 is 5.91 Å². The van der Waals surface area contributed by atoms with Gasteiger partial charge in [-0.25, -0.2) is 8.78 Å². The van der Waals surface area contributed by atoms with Crippen molar-refractivity contribution in [3.63, 3.8) is 0 Å². The Balaban J connectivity index is 2.33. The molecule has 3 nitrogen and oxygen atoms in total. The number of amides is 1. The molecule has 1 saturated heterocycles. The number of alkyl halides is 4. The molecule has 1 rings (SSSR count). The highest BCUT2D eigenvalue weighted by molar-refractivity contribution is 5.81. The van der Waals surface area contributed by atoms with Gasteiger partial charge >= 0.3 is 12.3 Å². The van der Waals surface area contributed by atoms with Gasteiger partial charge in [-0.05, 0) is 12.8 Å². The van der Waals surface area contributed by atoms with E-state index in [1.165, 1.54) is 0 Å². The Morgan fingerprint density at radius 1 is 1.53 bits per heavy atom. The average Bonchev–Trinajstić information content (AvgIpc) is 2.66. The van der Waals surface area contributed by atoms with Gasteiger partial charge in [0.1, 0.15) is 6.10 Å². The molecule has 0 aromatic heterocycles. The first-order chi connectivity index (χ1) is 6.93. The van der Waals surface area contributed by atoms with Crippen molar-refractivity contribution in [2.45, 2.75) is 31.3 Å². The first-order valence-corrected chi connectivity index (χ1v) is 4.49. The second-order valence-electron chi connectivity index (χ2n) is 3.28. The molecule has 0 aromatic carbocycles. The summed E-state index contributed by atoms with van der Waals surface area (Å²) in [7, 11) is 0. The number of hydrogen-bond donors (Lipinski definition) is 1. The van der Waals surface area contributed by atoms with E-state index in [0.717, 1.165) is 0 Å². The maximum Gasteiger partial charge on any atom is 0.324 e. The van der Waals surface area contributed by atoms with Crippen LogP contribution in [0.2, 0.25) is 0 Å². The molecule has 1 aliphatic rings. The van der Waals surface area contributed by atoms with E-state index >= 15 is 0 Å². The molecule has 88 valence electrons. The Morgan fingerprint density at radius 2 is 2.20 bits per heavy atom. The van der Waals surface area contributed by atoms with Crippen LogP contribution >= 0.6 is 0 Å². The molecule has 1 amide bonds. The van der Waals surface area contributed by atoms with Gasteiger partial charge in [0.25, 0.3) is 0 Å². The molecule has 0 aliphatic carbocycles. The quantitative estimate of drug-likeness (QED) is 0.735. The van der Waals surface area contributed by atoms with Gasteiger partial charge in [0, 0.05) is 6.61 Å². The van der Waals surface area contributed by atoms with Crippen molar-refractivity contribution in [2.75, 3.05) is 13.2 Å². The van der Waals surface area contributed by atoms with E-state index in [1.807, 2.05) is 0 Å². The summed E-state index contributed by atoms with van der Waals surface area (Å²) in [5.41, 5.74) is 0. The topological polar surface area (TPSA) is 38.3 Å². The summed E-state index contributed by atoms with van der Waals surface area (Å²) < 4.78 is 53.1. The van der Waals surface area contributed by atoms with Gasteiger partial charge in [-0.15, -0.1) is 0 Å². The molecule has 1 aliphatic heterocycles. The zero-order valence-electron chi connectivity index (χ0n) is 7.81. The van der Waals surface area contributed by atoms with E-state index in [1.54, 1.807) is 5.32 Å². The highest BCUT2D eigenvalue weighted by Gasteiger charge is 2.41. The Bertz CT molecular complexity index is 229. The summed E-state index contributed by atoms with van der Waals surface area (Å²) in [5, 5.41) is 1.75. The van der Waals surface area contributed by atoms with Gasteiger partial charge in [0.2, 0.25) is 5.91 Å². The third-order valence-corrected chi connectivity index (χ3v) is 2.04. The average molecular weight is 229 g/mol. The molecule has 1 atom stereocenters. The van der Waals surface area contributed by atoms with Crippen LogP contribution in [-0.2, 0) is 9.53 Å². The lowest BCUT2D eigenvalue weighted by atomic mass is 10.2. The number of hydrogen-bond acceptors (Lipinski definition) is 2. The third kappa shape index (κ3) is 3.33. The van der Waals surface area contributed by atoms with Crippen LogP contribution < -0.4 is 5.32 Å². The first-order valence-electron chi connectivity index (χ1n) is 4.49. The Morgan fingerprint density at radius 3 is 2.67 bits per heavy atom. The number of carbonyl (C=O) groups excluding carboxylic acids is 1. The van der Waals surface area contributed by atoms with E-state index in [-0.39, 0.29) is 0 Å². The molecule has 0 radical (unpaired) electrons. The standard InChI is InChI=1S/C8H11F4NO2/c9-7(10)8(11,12)4-13-6(14)5-2-1-3-15-5/h5,7H,1-4H2,(H,13,14). The summed E-state index contributed by atoms with van der Waals surface area (Å²) >= 11 is 0. The SMILES string of the molecule is O=C(NCC(F)(F)C(F)F)C1CCCO1. The smallest absolute Gasteiger partial charge is 0.324 e. The van der Waals surface area contributed by atoms with Crippen LogP contribution in [-0.4, -0.2) is 37.5 Å². The minimum absolute atomic E-state index is 0.392. The van der Waals surface area contributed by atoms with Crippen LogP contribution in [0.15, 0.2) is 0 Å². The molecular formula is C8H11F4NO2. The molecule has 1 N–H and O–H groups in total. The Hall–Kier alpha value is -0.850. The lowest BCUT2D eigenvalue weighted by molar-refractivity contribution is -0.141. The fourth-order valence-corrected chi connectivity index (χ4v) is 1.18. The Kier molecular flexibility index (Phi) is 3.90. The van der Waals surface area contributed by atoms with Crippen molar-refractivity contribution < 1.29 is 27.1 Å². The summed E-state index contributed by atoms with van der Waals surface area (Å²) in [5.74, 6) is -4.94. The molecule has 0 bridgehead atoms. The second-order valence-corrected chi connectivity index (χ2v) is 3.28. The van der Waals surface area contributed by atoms with Crippen molar-refractivity contribution in [1.82, 2.24) is 5.32 Å². The van der Waals surface area contributed by atoms with Gasteiger partial charge in [0.15, 0.2) is 0 Å². The maximum atomic E-state index is 12.4. The molecular weight excluding hydrogens is 218 g/mol. The van der Waals surface area contributed by atoms with E-state index < -0.39 is 30.9 Å². The number of halogens is 4. The summed E-state index contributed by atoms with van der Waals surface area (Å²) in [6.45, 7) is -0.966. The molecule has 0 saturated carbocycles. The van der Waals surface area contributed by atoms with Crippen molar-refractivity contribution in [3.05, 3.63) is 0 Å².